The molecular weight excluding hydrogens is 244 g/mol. The molecule has 0 saturated carbocycles. The Morgan fingerprint density at radius 2 is 2.47 bits per heavy atom. The van der Waals surface area contributed by atoms with Gasteiger partial charge in [-0.3, -0.25) is 4.79 Å². The van der Waals surface area contributed by atoms with E-state index in [1.165, 1.54) is 0 Å². The van der Waals surface area contributed by atoms with Gasteiger partial charge in [0.2, 0.25) is 0 Å². The molecule has 2 atom stereocenters. The van der Waals surface area contributed by atoms with Crippen molar-refractivity contribution in [2.45, 2.75) is 25.0 Å². The summed E-state index contributed by atoms with van der Waals surface area (Å²) in [5.74, 6) is 1.05. The lowest BCUT2D eigenvalue weighted by Gasteiger charge is -2.36. The van der Waals surface area contributed by atoms with Crippen LogP contribution in [-0.4, -0.2) is 52.7 Å². The first kappa shape index (κ1) is 12.6. The smallest absolute Gasteiger partial charge is 0.252 e. The zero-order valence-corrected chi connectivity index (χ0v) is 11.2. The summed E-state index contributed by atoms with van der Waals surface area (Å²) in [6.45, 7) is 3.01. The average Bonchev–Trinajstić information content (AvgIpc) is 3.09. The van der Waals surface area contributed by atoms with Crippen LogP contribution in [0.5, 0.6) is 0 Å². The maximum atomic E-state index is 12.6. The summed E-state index contributed by atoms with van der Waals surface area (Å²) >= 11 is 0. The Kier molecular flexibility index (Phi) is 3.52. The molecule has 2 fully saturated rings. The van der Waals surface area contributed by atoms with Crippen molar-refractivity contribution in [1.29, 1.82) is 0 Å². The lowest BCUT2D eigenvalue weighted by Crippen LogP contribution is -2.52. The zero-order valence-electron chi connectivity index (χ0n) is 11.2. The number of imidazole rings is 1. The maximum absolute atomic E-state index is 12.6. The van der Waals surface area contributed by atoms with Gasteiger partial charge >= 0.3 is 0 Å². The van der Waals surface area contributed by atoms with Gasteiger partial charge in [-0.1, -0.05) is 0 Å². The molecule has 104 valence electrons. The van der Waals surface area contributed by atoms with Crippen LogP contribution in [0.15, 0.2) is 12.4 Å². The number of nitrogens with one attached hydrogen (secondary N) is 1. The minimum absolute atomic E-state index is 0.00505. The lowest BCUT2D eigenvalue weighted by molar-refractivity contribution is -0.144. The normalized spacial score (nSPS) is 27.7. The van der Waals surface area contributed by atoms with Crippen molar-refractivity contribution in [3.63, 3.8) is 0 Å². The molecule has 0 bridgehead atoms. The van der Waals surface area contributed by atoms with Crippen LogP contribution in [0.3, 0.4) is 0 Å². The Morgan fingerprint density at radius 3 is 3.16 bits per heavy atom. The van der Waals surface area contributed by atoms with Crippen LogP contribution in [0.4, 0.5) is 0 Å². The summed E-state index contributed by atoms with van der Waals surface area (Å²) in [6.07, 6.45) is 5.27. The van der Waals surface area contributed by atoms with Crippen LogP contribution >= 0.6 is 0 Å². The van der Waals surface area contributed by atoms with Gasteiger partial charge in [0.1, 0.15) is 18.0 Å². The Bertz CT molecular complexity index is 453. The first-order chi connectivity index (χ1) is 9.27. The molecule has 19 heavy (non-hydrogen) atoms. The summed E-state index contributed by atoms with van der Waals surface area (Å²) in [5, 5.41) is 3.34. The number of carbonyl (C=O) groups excluding carboxylic acids is 1. The molecular formula is C13H20N4O2. The third kappa shape index (κ3) is 2.37. The van der Waals surface area contributed by atoms with Gasteiger partial charge in [-0.25, -0.2) is 4.98 Å². The van der Waals surface area contributed by atoms with Crippen molar-refractivity contribution in [3.8, 4) is 0 Å². The van der Waals surface area contributed by atoms with Gasteiger partial charge in [0.15, 0.2) is 0 Å². The van der Waals surface area contributed by atoms with Crippen molar-refractivity contribution < 1.29 is 9.53 Å². The van der Waals surface area contributed by atoms with E-state index in [0.29, 0.717) is 6.61 Å². The minimum atomic E-state index is -0.249. The van der Waals surface area contributed by atoms with Crippen LogP contribution in [0, 0.1) is 0 Å². The van der Waals surface area contributed by atoms with Gasteiger partial charge in [0.25, 0.3) is 5.91 Å². The molecule has 6 heteroatoms. The number of piperazine rings is 1. The first-order valence-corrected chi connectivity index (χ1v) is 6.87. The van der Waals surface area contributed by atoms with Crippen LogP contribution in [0.2, 0.25) is 0 Å². The van der Waals surface area contributed by atoms with Crippen molar-refractivity contribution in [2.75, 3.05) is 26.2 Å². The molecule has 0 aliphatic carbocycles. The SMILES string of the molecule is Cn1ccnc1C1CNCCN1C(=O)C1CCCO1. The number of hydrogen-bond acceptors (Lipinski definition) is 4. The minimum Gasteiger partial charge on any atom is -0.368 e. The molecule has 3 rings (SSSR count). The highest BCUT2D eigenvalue weighted by Gasteiger charge is 2.35. The van der Waals surface area contributed by atoms with Crippen LogP contribution in [-0.2, 0) is 16.6 Å². The highest BCUT2D eigenvalue weighted by atomic mass is 16.5. The molecule has 6 nitrogen and oxygen atoms in total. The van der Waals surface area contributed by atoms with Gasteiger partial charge in [-0.15, -0.1) is 0 Å². The lowest BCUT2D eigenvalue weighted by atomic mass is 10.1. The van der Waals surface area contributed by atoms with E-state index in [4.69, 9.17) is 4.74 Å². The van der Waals surface area contributed by atoms with E-state index in [-0.39, 0.29) is 18.1 Å². The summed E-state index contributed by atoms with van der Waals surface area (Å²) in [6, 6.07) is 0.00505. The second-order valence-electron chi connectivity index (χ2n) is 5.15. The van der Waals surface area contributed by atoms with Crippen molar-refractivity contribution in [2.24, 2.45) is 7.05 Å². The molecule has 3 heterocycles. The third-order valence-corrected chi connectivity index (χ3v) is 3.89. The summed E-state index contributed by atoms with van der Waals surface area (Å²) in [4.78, 5) is 18.9. The van der Waals surface area contributed by atoms with Gasteiger partial charge < -0.3 is 19.5 Å². The quantitative estimate of drug-likeness (QED) is 0.821. The number of rotatable bonds is 2. The van der Waals surface area contributed by atoms with Crippen LogP contribution in [0.1, 0.15) is 24.7 Å². The maximum Gasteiger partial charge on any atom is 0.252 e. The van der Waals surface area contributed by atoms with Crippen LogP contribution < -0.4 is 5.32 Å². The van der Waals surface area contributed by atoms with E-state index in [1.807, 2.05) is 22.7 Å². The number of aryl methyl sites for hydroxylation is 1. The van der Waals surface area contributed by atoms with Gasteiger partial charge in [-0.2, -0.15) is 0 Å². The third-order valence-electron chi connectivity index (χ3n) is 3.89. The van der Waals surface area contributed by atoms with Crippen molar-refractivity contribution in [1.82, 2.24) is 19.8 Å². The Morgan fingerprint density at radius 1 is 1.58 bits per heavy atom. The van der Waals surface area contributed by atoms with Crippen molar-refractivity contribution >= 4 is 5.91 Å². The number of aromatic nitrogens is 2. The molecule has 1 aromatic rings. The van der Waals surface area contributed by atoms with E-state index in [9.17, 15) is 4.79 Å². The van der Waals surface area contributed by atoms with E-state index in [0.717, 1.165) is 38.3 Å². The molecule has 1 aromatic heterocycles. The Labute approximate surface area is 112 Å². The first-order valence-electron chi connectivity index (χ1n) is 6.87. The van der Waals surface area contributed by atoms with Gasteiger partial charge in [0.05, 0.1) is 0 Å². The zero-order chi connectivity index (χ0) is 13.2. The van der Waals surface area contributed by atoms with Gasteiger partial charge in [0, 0.05) is 45.7 Å². The molecule has 1 amide bonds. The van der Waals surface area contributed by atoms with Crippen LogP contribution in [0.25, 0.3) is 0 Å². The van der Waals surface area contributed by atoms with Gasteiger partial charge in [-0.05, 0) is 12.8 Å². The molecule has 2 aliphatic rings. The number of carbonyl (C=O) groups is 1. The number of hydrogen-bond donors (Lipinski definition) is 1. The molecule has 2 aliphatic heterocycles. The fraction of sp³-hybridized carbons (Fsp3) is 0.692. The molecule has 0 aromatic carbocycles. The molecule has 2 saturated heterocycles. The van der Waals surface area contributed by atoms with E-state index in [1.54, 1.807) is 6.20 Å². The second kappa shape index (κ2) is 5.30. The standard InChI is InChI=1S/C13H20N4O2/c1-16-6-5-15-12(16)10-9-14-4-7-17(10)13(18)11-3-2-8-19-11/h5-6,10-11,14H,2-4,7-9H2,1H3. The topological polar surface area (TPSA) is 59.4 Å². The highest BCUT2D eigenvalue weighted by Crippen LogP contribution is 2.24. The van der Waals surface area contributed by atoms with Crippen molar-refractivity contribution in [3.05, 3.63) is 18.2 Å². The van der Waals surface area contributed by atoms with E-state index < -0.39 is 0 Å². The fourth-order valence-electron chi connectivity index (χ4n) is 2.85. The summed E-state index contributed by atoms with van der Waals surface area (Å²) in [7, 11) is 1.96. The average molecular weight is 264 g/mol. The largest absolute Gasteiger partial charge is 0.368 e. The monoisotopic (exact) mass is 264 g/mol. The predicted molar refractivity (Wildman–Crippen MR) is 69.5 cm³/mol. The molecule has 1 N–H and O–H groups in total. The fourth-order valence-corrected chi connectivity index (χ4v) is 2.85. The number of amides is 1. The molecule has 0 radical (unpaired) electrons. The second-order valence-corrected chi connectivity index (χ2v) is 5.15. The number of ether oxygens (including phenoxy) is 1. The van der Waals surface area contributed by atoms with E-state index in [2.05, 4.69) is 10.3 Å². The Hall–Kier alpha value is -1.40. The molecule has 2 unspecified atom stereocenters. The highest BCUT2D eigenvalue weighted by molar-refractivity contribution is 5.81. The van der Waals surface area contributed by atoms with E-state index >= 15 is 0 Å². The summed E-state index contributed by atoms with van der Waals surface area (Å²) in [5.41, 5.74) is 0. The Balaban J connectivity index is 1.81. The molecule has 0 spiro atoms. The number of nitrogens with zero attached hydrogens (tertiary/aromatic N) is 3. The predicted octanol–water partition coefficient (Wildman–Crippen LogP) is 0.0720. The summed E-state index contributed by atoms with van der Waals surface area (Å²) < 4.78 is 7.50.